The SMILES string of the molecule is C=C(C)C1=C(C)[C@@](O)(CC(C)C)C[C@@H](C(=C)C)C1. The van der Waals surface area contributed by atoms with Crippen molar-refractivity contribution in [2.24, 2.45) is 11.8 Å². The summed E-state index contributed by atoms with van der Waals surface area (Å²) in [5.74, 6) is 0.865. The van der Waals surface area contributed by atoms with Crippen LogP contribution in [0.3, 0.4) is 0 Å². The molecule has 0 amide bonds. The van der Waals surface area contributed by atoms with Crippen LogP contribution >= 0.6 is 0 Å². The maximum atomic E-state index is 11.0. The van der Waals surface area contributed by atoms with E-state index < -0.39 is 5.60 Å². The molecule has 0 heterocycles. The highest BCUT2D eigenvalue weighted by Gasteiger charge is 2.39. The lowest BCUT2D eigenvalue weighted by Gasteiger charge is -2.41. The van der Waals surface area contributed by atoms with Crippen LogP contribution in [0.5, 0.6) is 0 Å². The summed E-state index contributed by atoms with van der Waals surface area (Å²) in [6.45, 7) is 18.6. The minimum atomic E-state index is -0.676. The normalized spacial score (nSPS) is 28.7. The lowest BCUT2D eigenvalue weighted by Crippen LogP contribution is -2.39. The third-order valence-electron chi connectivity index (χ3n) is 4.14. The summed E-state index contributed by atoms with van der Waals surface area (Å²) in [4.78, 5) is 0. The first-order valence-corrected chi connectivity index (χ1v) is 6.91. The van der Waals surface area contributed by atoms with Gasteiger partial charge < -0.3 is 5.11 Å². The Hall–Kier alpha value is -0.820. The van der Waals surface area contributed by atoms with Gasteiger partial charge in [0.2, 0.25) is 0 Å². The molecule has 1 rings (SSSR count). The maximum Gasteiger partial charge on any atom is 0.0868 e. The van der Waals surface area contributed by atoms with Crippen LogP contribution < -0.4 is 0 Å². The van der Waals surface area contributed by atoms with E-state index in [9.17, 15) is 5.11 Å². The van der Waals surface area contributed by atoms with Crippen molar-refractivity contribution in [1.29, 1.82) is 0 Å². The number of allylic oxidation sites excluding steroid dienone is 3. The van der Waals surface area contributed by atoms with E-state index in [1.54, 1.807) is 0 Å². The monoisotopic (exact) mass is 248 g/mol. The first kappa shape index (κ1) is 15.2. The fourth-order valence-electron chi connectivity index (χ4n) is 3.07. The quantitative estimate of drug-likeness (QED) is 0.718. The van der Waals surface area contributed by atoms with Crippen molar-refractivity contribution in [2.75, 3.05) is 0 Å². The predicted molar refractivity (Wildman–Crippen MR) is 79.5 cm³/mol. The van der Waals surface area contributed by atoms with Gasteiger partial charge in [0, 0.05) is 0 Å². The molecule has 1 nitrogen and oxygen atoms in total. The summed E-state index contributed by atoms with van der Waals surface area (Å²) in [6, 6.07) is 0. The summed E-state index contributed by atoms with van der Waals surface area (Å²) in [6.07, 6.45) is 2.61. The molecule has 0 fully saturated rings. The summed E-state index contributed by atoms with van der Waals surface area (Å²) >= 11 is 0. The van der Waals surface area contributed by atoms with Gasteiger partial charge in [0.25, 0.3) is 0 Å². The van der Waals surface area contributed by atoms with Crippen molar-refractivity contribution in [3.63, 3.8) is 0 Å². The standard InChI is InChI=1S/C17H28O/c1-11(2)9-17(18)10-15(12(3)4)8-16(13(5)6)14(17)7/h11,15,18H,3,5,8-10H2,1-2,4,6-7H3/t15-,17+/m0/s1. The van der Waals surface area contributed by atoms with E-state index in [0.717, 1.165) is 30.4 Å². The summed E-state index contributed by atoms with van der Waals surface area (Å²) in [5, 5.41) is 11.0. The minimum Gasteiger partial charge on any atom is -0.385 e. The number of hydrogen-bond acceptors (Lipinski definition) is 1. The molecule has 1 N–H and O–H groups in total. The smallest absolute Gasteiger partial charge is 0.0868 e. The van der Waals surface area contributed by atoms with Gasteiger partial charge in [0.15, 0.2) is 0 Å². The molecule has 0 bridgehead atoms. The Bertz CT molecular complexity index is 386. The molecule has 2 atom stereocenters. The third-order valence-corrected chi connectivity index (χ3v) is 4.14. The molecule has 0 aliphatic heterocycles. The van der Waals surface area contributed by atoms with Gasteiger partial charge in [-0.25, -0.2) is 0 Å². The maximum absolute atomic E-state index is 11.0. The fourth-order valence-corrected chi connectivity index (χ4v) is 3.07. The van der Waals surface area contributed by atoms with E-state index in [0.29, 0.717) is 11.8 Å². The van der Waals surface area contributed by atoms with Crippen LogP contribution in [0.15, 0.2) is 35.5 Å². The van der Waals surface area contributed by atoms with Crippen LogP contribution in [0.25, 0.3) is 0 Å². The molecule has 0 aromatic heterocycles. The van der Waals surface area contributed by atoms with Crippen LogP contribution in [-0.4, -0.2) is 10.7 Å². The van der Waals surface area contributed by atoms with E-state index in [1.165, 1.54) is 11.1 Å². The first-order valence-electron chi connectivity index (χ1n) is 6.91. The second-order valence-corrected chi connectivity index (χ2v) is 6.46. The zero-order chi connectivity index (χ0) is 14.1. The molecule has 0 spiro atoms. The highest BCUT2D eigenvalue weighted by molar-refractivity contribution is 5.39. The Morgan fingerprint density at radius 3 is 2.33 bits per heavy atom. The Labute approximate surface area is 112 Å². The highest BCUT2D eigenvalue weighted by Crippen LogP contribution is 2.44. The first-order chi connectivity index (χ1) is 8.17. The molecule has 1 heteroatoms. The second-order valence-electron chi connectivity index (χ2n) is 6.46. The highest BCUT2D eigenvalue weighted by atomic mass is 16.3. The Balaban J connectivity index is 3.18. The Kier molecular flexibility index (Phi) is 4.61. The van der Waals surface area contributed by atoms with Crippen LogP contribution in [0, 0.1) is 11.8 Å². The zero-order valence-corrected chi connectivity index (χ0v) is 12.6. The molecule has 0 saturated carbocycles. The van der Waals surface area contributed by atoms with E-state index in [2.05, 4.69) is 40.9 Å². The van der Waals surface area contributed by atoms with E-state index in [1.807, 2.05) is 6.92 Å². The van der Waals surface area contributed by atoms with Crippen molar-refractivity contribution in [1.82, 2.24) is 0 Å². The van der Waals surface area contributed by atoms with Crippen molar-refractivity contribution < 1.29 is 5.11 Å². The topological polar surface area (TPSA) is 20.2 Å². The Morgan fingerprint density at radius 1 is 1.39 bits per heavy atom. The van der Waals surface area contributed by atoms with Crippen LogP contribution in [0.2, 0.25) is 0 Å². The van der Waals surface area contributed by atoms with Gasteiger partial charge in [-0.2, -0.15) is 0 Å². The molecule has 0 radical (unpaired) electrons. The molecule has 102 valence electrons. The van der Waals surface area contributed by atoms with Gasteiger partial charge in [-0.15, -0.1) is 0 Å². The van der Waals surface area contributed by atoms with Gasteiger partial charge in [0.1, 0.15) is 0 Å². The van der Waals surface area contributed by atoms with Gasteiger partial charge in [-0.05, 0) is 63.0 Å². The van der Waals surface area contributed by atoms with Crippen molar-refractivity contribution >= 4 is 0 Å². The van der Waals surface area contributed by atoms with Gasteiger partial charge >= 0.3 is 0 Å². The van der Waals surface area contributed by atoms with Crippen LogP contribution in [0.1, 0.15) is 53.9 Å². The second kappa shape index (κ2) is 5.44. The van der Waals surface area contributed by atoms with Crippen molar-refractivity contribution in [3.8, 4) is 0 Å². The van der Waals surface area contributed by atoms with E-state index >= 15 is 0 Å². The fraction of sp³-hybridized carbons (Fsp3) is 0.647. The number of aliphatic hydroxyl groups is 1. The third kappa shape index (κ3) is 3.14. The predicted octanol–water partition coefficient (Wildman–Crippen LogP) is 4.64. The molecule has 0 unspecified atom stereocenters. The zero-order valence-electron chi connectivity index (χ0n) is 12.6. The summed E-state index contributed by atoms with van der Waals surface area (Å²) in [5.41, 5.74) is 3.95. The average Bonchev–Trinajstić information content (AvgIpc) is 2.20. The van der Waals surface area contributed by atoms with Crippen LogP contribution in [-0.2, 0) is 0 Å². The van der Waals surface area contributed by atoms with Gasteiger partial charge in [-0.1, -0.05) is 38.2 Å². The number of hydrogen-bond donors (Lipinski definition) is 1. The minimum absolute atomic E-state index is 0.379. The molecular weight excluding hydrogens is 220 g/mol. The molecule has 0 saturated heterocycles. The molecule has 0 aromatic carbocycles. The molecule has 0 aromatic rings. The van der Waals surface area contributed by atoms with Crippen molar-refractivity contribution in [3.05, 3.63) is 35.5 Å². The molecular formula is C17H28O. The van der Waals surface area contributed by atoms with Crippen LogP contribution in [0.4, 0.5) is 0 Å². The number of rotatable bonds is 4. The largest absolute Gasteiger partial charge is 0.385 e. The van der Waals surface area contributed by atoms with Gasteiger partial charge in [-0.3, -0.25) is 0 Å². The molecule has 1 aliphatic rings. The Morgan fingerprint density at radius 2 is 1.94 bits per heavy atom. The van der Waals surface area contributed by atoms with Crippen molar-refractivity contribution in [2.45, 2.75) is 59.5 Å². The summed E-state index contributed by atoms with van der Waals surface area (Å²) in [7, 11) is 0. The average molecular weight is 248 g/mol. The lowest BCUT2D eigenvalue weighted by molar-refractivity contribution is 0.0277. The summed E-state index contributed by atoms with van der Waals surface area (Å²) < 4.78 is 0. The van der Waals surface area contributed by atoms with E-state index in [4.69, 9.17) is 0 Å². The van der Waals surface area contributed by atoms with Gasteiger partial charge in [0.05, 0.1) is 5.60 Å². The lowest BCUT2D eigenvalue weighted by atomic mass is 9.68. The molecule has 1 aliphatic carbocycles. The van der Waals surface area contributed by atoms with E-state index in [-0.39, 0.29) is 0 Å². The molecule has 18 heavy (non-hydrogen) atoms.